The highest BCUT2D eigenvalue weighted by molar-refractivity contribution is 5.79. The molecule has 0 spiro atoms. The van der Waals surface area contributed by atoms with Gasteiger partial charge in [0.15, 0.2) is 5.96 Å². The Morgan fingerprint density at radius 1 is 1.48 bits per heavy atom. The molecule has 1 atom stereocenters. The topological polar surface area (TPSA) is 48.7 Å². The SMILES string of the molecule is CN=C(NCC1CCN(C)C1)N(C)Cc1cn(C)nc1C(C)C. The summed E-state index contributed by atoms with van der Waals surface area (Å²) in [5.74, 6) is 2.11. The van der Waals surface area contributed by atoms with Crippen LogP contribution in [0.15, 0.2) is 11.2 Å². The molecular weight excluding hydrogens is 288 g/mol. The molecule has 1 aliphatic heterocycles. The van der Waals surface area contributed by atoms with E-state index in [1.807, 2.05) is 18.8 Å². The Morgan fingerprint density at radius 3 is 2.78 bits per heavy atom. The number of nitrogens with zero attached hydrogens (tertiary/aromatic N) is 5. The Kier molecular flexibility index (Phi) is 6.04. The summed E-state index contributed by atoms with van der Waals surface area (Å²) in [5, 5.41) is 8.12. The largest absolute Gasteiger partial charge is 0.356 e. The molecule has 0 aliphatic carbocycles. The van der Waals surface area contributed by atoms with Crippen molar-refractivity contribution in [2.24, 2.45) is 18.0 Å². The van der Waals surface area contributed by atoms with Gasteiger partial charge in [-0.05, 0) is 31.8 Å². The van der Waals surface area contributed by atoms with Crippen molar-refractivity contribution in [1.29, 1.82) is 0 Å². The van der Waals surface area contributed by atoms with E-state index >= 15 is 0 Å². The lowest BCUT2D eigenvalue weighted by Crippen LogP contribution is -2.41. The molecular formula is C17H32N6. The molecule has 0 bridgehead atoms. The second kappa shape index (κ2) is 7.81. The number of guanidine groups is 1. The average molecular weight is 320 g/mol. The molecule has 2 rings (SSSR count). The lowest BCUT2D eigenvalue weighted by Gasteiger charge is -2.23. The molecule has 1 saturated heterocycles. The van der Waals surface area contributed by atoms with Gasteiger partial charge < -0.3 is 15.1 Å². The molecule has 1 aliphatic rings. The molecule has 0 aromatic carbocycles. The van der Waals surface area contributed by atoms with Crippen LogP contribution in [0.4, 0.5) is 0 Å². The zero-order valence-corrected chi connectivity index (χ0v) is 15.5. The average Bonchev–Trinajstić information content (AvgIpc) is 3.05. The first-order valence-electron chi connectivity index (χ1n) is 8.53. The van der Waals surface area contributed by atoms with E-state index in [0.717, 1.165) is 25.0 Å². The molecule has 1 fully saturated rings. The highest BCUT2D eigenvalue weighted by Crippen LogP contribution is 2.18. The predicted molar refractivity (Wildman–Crippen MR) is 95.7 cm³/mol. The first-order chi connectivity index (χ1) is 10.9. The van der Waals surface area contributed by atoms with Crippen molar-refractivity contribution < 1.29 is 0 Å². The first kappa shape index (κ1) is 17.8. The predicted octanol–water partition coefficient (Wildman–Crippen LogP) is 1.50. The van der Waals surface area contributed by atoms with E-state index in [2.05, 4.69) is 59.3 Å². The summed E-state index contributed by atoms with van der Waals surface area (Å²) >= 11 is 0. The molecule has 2 heterocycles. The third kappa shape index (κ3) is 4.70. The molecule has 6 nitrogen and oxygen atoms in total. The van der Waals surface area contributed by atoms with Crippen molar-refractivity contribution in [2.75, 3.05) is 40.8 Å². The summed E-state index contributed by atoms with van der Waals surface area (Å²) in [5.41, 5.74) is 2.45. The van der Waals surface area contributed by atoms with E-state index in [9.17, 15) is 0 Å². The fourth-order valence-electron chi connectivity index (χ4n) is 3.31. The number of rotatable bonds is 5. The molecule has 130 valence electrons. The Morgan fingerprint density at radius 2 is 2.22 bits per heavy atom. The molecule has 6 heteroatoms. The van der Waals surface area contributed by atoms with Gasteiger partial charge in [-0.3, -0.25) is 9.67 Å². The maximum atomic E-state index is 4.59. The Balaban J connectivity index is 1.93. The van der Waals surface area contributed by atoms with Crippen LogP contribution < -0.4 is 5.32 Å². The number of nitrogens with one attached hydrogen (secondary N) is 1. The van der Waals surface area contributed by atoms with E-state index in [-0.39, 0.29) is 0 Å². The number of aliphatic imine (C=N–C) groups is 1. The van der Waals surface area contributed by atoms with Crippen LogP contribution in [-0.4, -0.2) is 66.3 Å². The van der Waals surface area contributed by atoms with E-state index in [0.29, 0.717) is 5.92 Å². The van der Waals surface area contributed by atoms with E-state index in [1.165, 1.54) is 30.8 Å². The summed E-state index contributed by atoms with van der Waals surface area (Å²) in [4.78, 5) is 9.01. The summed E-state index contributed by atoms with van der Waals surface area (Å²) < 4.78 is 1.91. The maximum Gasteiger partial charge on any atom is 0.193 e. The van der Waals surface area contributed by atoms with Gasteiger partial charge in [0.05, 0.1) is 5.69 Å². The van der Waals surface area contributed by atoms with E-state index in [1.54, 1.807) is 0 Å². The quantitative estimate of drug-likeness (QED) is 0.660. The third-order valence-corrected chi connectivity index (χ3v) is 4.50. The normalized spacial score (nSPS) is 19.6. The van der Waals surface area contributed by atoms with Gasteiger partial charge in [-0.25, -0.2) is 0 Å². The molecule has 1 N–H and O–H groups in total. The van der Waals surface area contributed by atoms with Crippen LogP contribution in [0.3, 0.4) is 0 Å². The Bertz CT molecular complexity index is 533. The zero-order valence-electron chi connectivity index (χ0n) is 15.5. The summed E-state index contributed by atoms with van der Waals surface area (Å²) in [7, 11) is 8.12. The minimum atomic E-state index is 0.434. The lowest BCUT2D eigenvalue weighted by atomic mass is 10.1. The van der Waals surface area contributed by atoms with Crippen molar-refractivity contribution >= 4 is 5.96 Å². The van der Waals surface area contributed by atoms with Crippen molar-refractivity contribution in [3.63, 3.8) is 0 Å². The third-order valence-electron chi connectivity index (χ3n) is 4.50. The number of aryl methyl sites for hydroxylation is 1. The standard InChI is InChI=1S/C17H32N6/c1-13(2)16-15(12-23(6)20-16)11-22(5)17(18-3)19-9-14-7-8-21(4)10-14/h12-14H,7-11H2,1-6H3,(H,18,19). The summed E-state index contributed by atoms with van der Waals surface area (Å²) in [6.07, 6.45) is 3.38. The van der Waals surface area contributed by atoms with Gasteiger partial charge in [0.2, 0.25) is 0 Å². The molecule has 0 radical (unpaired) electrons. The van der Waals surface area contributed by atoms with Crippen LogP contribution >= 0.6 is 0 Å². The lowest BCUT2D eigenvalue weighted by molar-refractivity contribution is 0.390. The molecule has 1 aromatic heterocycles. The van der Waals surface area contributed by atoms with Crippen LogP contribution in [0.1, 0.15) is 37.4 Å². The first-order valence-corrected chi connectivity index (χ1v) is 8.53. The van der Waals surface area contributed by atoms with Gasteiger partial charge in [-0.2, -0.15) is 5.10 Å². The minimum Gasteiger partial charge on any atom is -0.356 e. The van der Waals surface area contributed by atoms with Crippen molar-refractivity contribution in [1.82, 2.24) is 24.9 Å². The van der Waals surface area contributed by atoms with Crippen LogP contribution in [0.2, 0.25) is 0 Å². The fourth-order valence-corrected chi connectivity index (χ4v) is 3.31. The Labute approximate surface area is 140 Å². The molecule has 0 saturated carbocycles. The smallest absolute Gasteiger partial charge is 0.193 e. The zero-order chi connectivity index (χ0) is 17.0. The highest BCUT2D eigenvalue weighted by atomic mass is 15.3. The van der Waals surface area contributed by atoms with Crippen LogP contribution in [-0.2, 0) is 13.6 Å². The van der Waals surface area contributed by atoms with E-state index in [4.69, 9.17) is 0 Å². The molecule has 23 heavy (non-hydrogen) atoms. The molecule has 0 amide bonds. The van der Waals surface area contributed by atoms with E-state index < -0.39 is 0 Å². The number of likely N-dealkylation sites (tertiary alicyclic amines) is 1. The minimum absolute atomic E-state index is 0.434. The van der Waals surface area contributed by atoms with Crippen molar-refractivity contribution in [2.45, 2.75) is 32.7 Å². The van der Waals surface area contributed by atoms with Gasteiger partial charge in [0.1, 0.15) is 0 Å². The fraction of sp³-hybridized carbons (Fsp3) is 0.765. The van der Waals surface area contributed by atoms with Gasteiger partial charge in [-0.15, -0.1) is 0 Å². The van der Waals surface area contributed by atoms with Crippen molar-refractivity contribution in [3.8, 4) is 0 Å². The maximum absolute atomic E-state index is 4.59. The summed E-state index contributed by atoms with van der Waals surface area (Å²) in [6, 6.07) is 0. The van der Waals surface area contributed by atoms with Crippen LogP contribution in [0, 0.1) is 5.92 Å². The number of aromatic nitrogens is 2. The van der Waals surface area contributed by atoms with Crippen LogP contribution in [0.5, 0.6) is 0 Å². The van der Waals surface area contributed by atoms with Crippen LogP contribution in [0.25, 0.3) is 0 Å². The molecule has 1 unspecified atom stereocenters. The monoisotopic (exact) mass is 320 g/mol. The molecule has 1 aromatic rings. The number of hydrogen-bond acceptors (Lipinski definition) is 3. The second-order valence-corrected chi connectivity index (χ2v) is 7.07. The van der Waals surface area contributed by atoms with Gasteiger partial charge in [0.25, 0.3) is 0 Å². The number of hydrogen-bond donors (Lipinski definition) is 1. The van der Waals surface area contributed by atoms with Gasteiger partial charge in [0, 0.05) is 52.5 Å². The highest BCUT2D eigenvalue weighted by Gasteiger charge is 2.20. The second-order valence-electron chi connectivity index (χ2n) is 7.07. The van der Waals surface area contributed by atoms with Crippen molar-refractivity contribution in [3.05, 3.63) is 17.5 Å². The Hall–Kier alpha value is -1.56. The summed E-state index contributed by atoms with van der Waals surface area (Å²) in [6.45, 7) is 8.57. The van der Waals surface area contributed by atoms with Gasteiger partial charge in [-0.1, -0.05) is 13.8 Å². The van der Waals surface area contributed by atoms with Gasteiger partial charge >= 0.3 is 0 Å².